The first-order valence-corrected chi connectivity index (χ1v) is 8.10. The summed E-state index contributed by atoms with van der Waals surface area (Å²) in [4.78, 5) is 0. The molecule has 0 spiro atoms. The highest BCUT2D eigenvalue weighted by molar-refractivity contribution is 9.10. The summed E-state index contributed by atoms with van der Waals surface area (Å²) < 4.78 is 13.8. The monoisotopic (exact) mass is 337 g/mol. The number of nitriles is 1. The Morgan fingerprint density at radius 3 is 2.55 bits per heavy atom. The van der Waals surface area contributed by atoms with E-state index in [1.807, 2.05) is 6.07 Å². The maximum atomic E-state index is 13.3. The fraction of sp³-hybridized carbons (Fsp3) is 0.588. The van der Waals surface area contributed by atoms with Gasteiger partial charge in [0.25, 0.3) is 0 Å². The maximum Gasteiger partial charge on any atom is 0.137 e. The molecule has 0 N–H and O–H groups in total. The van der Waals surface area contributed by atoms with Crippen LogP contribution >= 0.6 is 15.9 Å². The highest BCUT2D eigenvalue weighted by Crippen LogP contribution is 2.43. The fourth-order valence-corrected chi connectivity index (χ4v) is 3.65. The molecule has 0 radical (unpaired) electrons. The fourth-order valence-electron chi connectivity index (χ4n) is 3.23. The first-order valence-electron chi connectivity index (χ1n) is 7.31. The third-order valence-electron chi connectivity index (χ3n) is 4.69. The third kappa shape index (κ3) is 3.41. The van der Waals surface area contributed by atoms with Gasteiger partial charge in [-0.15, -0.1) is 0 Å². The molecule has 20 heavy (non-hydrogen) atoms. The quantitative estimate of drug-likeness (QED) is 0.715. The molecular weight excluding hydrogens is 317 g/mol. The number of hydrogen-bond acceptors (Lipinski definition) is 1. The van der Waals surface area contributed by atoms with Crippen LogP contribution in [0.1, 0.15) is 45.1 Å². The van der Waals surface area contributed by atoms with Gasteiger partial charge in [-0.05, 0) is 77.6 Å². The lowest BCUT2D eigenvalue weighted by Crippen LogP contribution is -2.30. The van der Waals surface area contributed by atoms with Gasteiger partial charge in [0.15, 0.2) is 0 Å². The standard InChI is InChI=1S/C17H21BrFN/c1-12(2)14-5-7-17(11-20,8-6-14)10-13-3-4-16(19)15(18)9-13/h3-4,9,12,14H,5-8,10H2,1-2H3. The van der Waals surface area contributed by atoms with Crippen molar-refractivity contribution in [3.8, 4) is 6.07 Å². The molecule has 1 aromatic rings. The normalized spacial score (nSPS) is 26.5. The zero-order valence-corrected chi connectivity index (χ0v) is 13.7. The molecule has 0 heterocycles. The third-order valence-corrected chi connectivity index (χ3v) is 5.30. The molecule has 1 aliphatic carbocycles. The molecular formula is C17H21BrFN. The molecule has 0 aromatic heterocycles. The number of nitrogens with zero attached hydrogens (tertiary/aromatic N) is 1. The Kier molecular flexibility index (Phi) is 4.86. The van der Waals surface area contributed by atoms with E-state index >= 15 is 0 Å². The van der Waals surface area contributed by atoms with Crippen molar-refractivity contribution >= 4 is 15.9 Å². The molecule has 1 fully saturated rings. The second kappa shape index (κ2) is 6.26. The Morgan fingerprint density at radius 2 is 2.05 bits per heavy atom. The van der Waals surface area contributed by atoms with E-state index in [-0.39, 0.29) is 11.2 Å². The molecule has 3 heteroatoms. The highest BCUT2D eigenvalue weighted by Gasteiger charge is 2.36. The lowest BCUT2D eigenvalue weighted by Gasteiger charge is -2.36. The molecule has 1 saturated carbocycles. The van der Waals surface area contributed by atoms with Gasteiger partial charge in [0.2, 0.25) is 0 Å². The Hall–Kier alpha value is -0.880. The first-order chi connectivity index (χ1) is 9.46. The van der Waals surface area contributed by atoms with Crippen molar-refractivity contribution in [3.63, 3.8) is 0 Å². The average molecular weight is 338 g/mol. The summed E-state index contributed by atoms with van der Waals surface area (Å²) in [5.74, 6) is 1.20. The van der Waals surface area contributed by atoms with E-state index in [0.717, 1.165) is 43.6 Å². The lowest BCUT2D eigenvalue weighted by molar-refractivity contribution is 0.175. The molecule has 0 atom stereocenters. The lowest BCUT2D eigenvalue weighted by atomic mass is 9.66. The van der Waals surface area contributed by atoms with Crippen LogP contribution in [0, 0.1) is 34.4 Å². The van der Waals surface area contributed by atoms with Gasteiger partial charge in [-0.25, -0.2) is 4.39 Å². The zero-order valence-electron chi connectivity index (χ0n) is 12.1. The predicted molar refractivity (Wildman–Crippen MR) is 82.6 cm³/mol. The van der Waals surface area contributed by atoms with Crippen LogP contribution in [0.3, 0.4) is 0 Å². The SMILES string of the molecule is CC(C)C1CCC(C#N)(Cc2ccc(F)c(Br)c2)CC1. The number of rotatable bonds is 3. The second-order valence-electron chi connectivity index (χ2n) is 6.40. The number of halogens is 2. The Bertz CT molecular complexity index is 510. The molecule has 0 saturated heterocycles. The largest absolute Gasteiger partial charge is 0.206 e. The Morgan fingerprint density at radius 1 is 1.40 bits per heavy atom. The summed E-state index contributed by atoms with van der Waals surface area (Å²) in [5, 5.41) is 9.62. The van der Waals surface area contributed by atoms with Crippen molar-refractivity contribution in [2.45, 2.75) is 46.0 Å². The summed E-state index contributed by atoms with van der Waals surface area (Å²) in [6.07, 6.45) is 4.91. The average Bonchev–Trinajstić information content (AvgIpc) is 2.43. The summed E-state index contributed by atoms with van der Waals surface area (Å²) >= 11 is 3.22. The van der Waals surface area contributed by atoms with E-state index in [1.54, 1.807) is 6.07 Å². The second-order valence-corrected chi connectivity index (χ2v) is 7.25. The first kappa shape index (κ1) is 15.5. The minimum absolute atomic E-state index is 0.247. The van der Waals surface area contributed by atoms with Crippen LogP contribution in [-0.4, -0.2) is 0 Å². The van der Waals surface area contributed by atoms with E-state index in [0.29, 0.717) is 10.4 Å². The molecule has 2 rings (SSSR count). The van der Waals surface area contributed by atoms with E-state index in [2.05, 4.69) is 35.8 Å². The van der Waals surface area contributed by atoms with Gasteiger partial charge in [-0.2, -0.15) is 5.26 Å². The van der Waals surface area contributed by atoms with E-state index in [4.69, 9.17) is 0 Å². The van der Waals surface area contributed by atoms with Gasteiger partial charge < -0.3 is 0 Å². The predicted octanol–water partition coefficient (Wildman–Crippen LogP) is 5.49. The minimum atomic E-state index is -0.261. The molecule has 0 bridgehead atoms. The van der Waals surface area contributed by atoms with Crippen LogP contribution in [0.15, 0.2) is 22.7 Å². The molecule has 0 amide bonds. The molecule has 1 nitrogen and oxygen atoms in total. The van der Waals surface area contributed by atoms with Gasteiger partial charge in [0.1, 0.15) is 5.82 Å². The van der Waals surface area contributed by atoms with Gasteiger partial charge in [-0.3, -0.25) is 0 Å². The van der Waals surface area contributed by atoms with Gasteiger partial charge in [0.05, 0.1) is 16.0 Å². The van der Waals surface area contributed by atoms with Gasteiger partial charge in [-0.1, -0.05) is 19.9 Å². The van der Waals surface area contributed by atoms with Crippen LogP contribution in [0.25, 0.3) is 0 Å². The highest BCUT2D eigenvalue weighted by atomic mass is 79.9. The minimum Gasteiger partial charge on any atom is -0.206 e. The van der Waals surface area contributed by atoms with Crippen LogP contribution < -0.4 is 0 Å². The van der Waals surface area contributed by atoms with Crippen molar-refractivity contribution < 1.29 is 4.39 Å². The summed E-state index contributed by atoms with van der Waals surface area (Å²) in [6.45, 7) is 4.53. The summed E-state index contributed by atoms with van der Waals surface area (Å²) in [6, 6.07) is 7.63. The number of hydrogen-bond donors (Lipinski definition) is 0. The van der Waals surface area contributed by atoms with Crippen LogP contribution in [0.5, 0.6) is 0 Å². The smallest absolute Gasteiger partial charge is 0.137 e. The topological polar surface area (TPSA) is 23.8 Å². The van der Waals surface area contributed by atoms with Crippen molar-refractivity contribution in [1.82, 2.24) is 0 Å². The zero-order chi connectivity index (χ0) is 14.8. The van der Waals surface area contributed by atoms with Crippen molar-refractivity contribution in [3.05, 3.63) is 34.1 Å². The number of benzene rings is 1. The van der Waals surface area contributed by atoms with Crippen LogP contribution in [-0.2, 0) is 6.42 Å². The van der Waals surface area contributed by atoms with E-state index < -0.39 is 0 Å². The van der Waals surface area contributed by atoms with E-state index in [9.17, 15) is 9.65 Å². The van der Waals surface area contributed by atoms with Crippen molar-refractivity contribution in [2.24, 2.45) is 17.3 Å². The molecule has 0 aliphatic heterocycles. The van der Waals surface area contributed by atoms with E-state index in [1.165, 1.54) is 6.07 Å². The molecule has 0 unspecified atom stereocenters. The summed E-state index contributed by atoms with van der Waals surface area (Å²) in [5.41, 5.74) is 0.783. The Labute approximate surface area is 129 Å². The van der Waals surface area contributed by atoms with Crippen LogP contribution in [0.4, 0.5) is 4.39 Å². The molecule has 1 aromatic carbocycles. The van der Waals surface area contributed by atoms with Gasteiger partial charge in [0, 0.05) is 0 Å². The summed E-state index contributed by atoms with van der Waals surface area (Å²) in [7, 11) is 0. The van der Waals surface area contributed by atoms with Crippen LogP contribution in [0.2, 0.25) is 0 Å². The van der Waals surface area contributed by atoms with Crippen molar-refractivity contribution in [1.29, 1.82) is 5.26 Å². The van der Waals surface area contributed by atoms with Gasteiger partial charge >= 0.3 is 0 Å². The maximum absolute atomic E-state index is 13.3. The Balaban J connectivity index is 2.10. The molecule has 1 aliphatic rings. The molecule has 108 valence electrons. The van der Waals surface area contributed by atoms with Crippen molar-refractivity contribution in [2.75, 3.05) is 0 Å².